The Hall–Kier alpha value is -2.23. The molecule has 23 heavy (non-hydrogen) atoms. The molecule has 1 aromatic rings. The first-order valence-corrected chi connectivity index (χ1v) is 7.09. The van der Waals surface area contributed by atoms with Crippen molar-refractivity contribution in [1.29, 1.82) is 5.26 Å². The number of halogens is 3. The summed E-state index contributed by atoms with van der Waals surface area (Å²) in [4.78, 5) is 13.1. The summed E-state index contributed by atoms with van der Waals surface area (Å²) in [7, 11) is 0. The van der Waals surface area contributed by atoms with Crippen LogP contribution in [0.3, 0.4) is 0 Å². The highest BCUT2D eigenvalue weighted by molar-refractivity contribution is 5.69. The van der Waals surface area contributed by atoms with Crippen LogP contribution in [0.15, 0.2) is 18.2 Å². The Kier molecular flexibility index (Phi) is 4.29. The number of amides is 1. The summed E-state index contributed by atoms with van der Waals surface area (Å²) in [5, 5.41) is 8.89. The van der Waals surface area contributed by atoms with Gasteiger partial charge in [-0.3, -0.25) is 4.90 Å². The lowest BCUT2D eigenvalue weighted by atomic mass is 10.0. The Morgan fingerprint density at radius 3 is 2.61 bits per heavy atom. The molecule has 0 aromatic heterocycles. The van der Waals surface area contributed by atoms with Crippen LogP contribution in [0.2, 0.25) is 0 Å². The summed E-state index contributed by atoms with van der Waals surface area (Å²) < 4.78 is 46.3. The van der Waals surface area contributed by atoms with Gasteiger partial charge in [-0.15, -0.1) is 0 Å². The highest BCUT2D eigenvalue weighted by Gasteiger charge is 2.48. The van der Waals surface area contributed by atoms with E-state index in [0.29, 0.717) is 0 Å². The fourth-order valence-electron chi connectivity index (χ4n) is 2.50. The Bertz CT molecular complexity index is 662. The van der Waals surface area contributed by atoms with Crippen LogP contribution in [0.5, 0.6) is 0 Å². The minimum Gasteiger partial charge on any atom is -0.444 e. The van der Waals surface area contributed by atoms with E-state index in [0.717, 1.165) is 17.0 Å². The van der Waals surface area contributed by atoms with Crippen molar-refractivity contribution in [1.82, 2.24) is 4.90 Å². The molecule has 1 aliphatic heterocycles. The third-order valence-electron chi connectivity index (χ3n) is 3.33. The number of nitriles is 1. The highest BCUT2D eigenvalue weighted by Crippen LogP contribution is 2.42. The quantitative estimate of drug-likeness (QED) is 0.783. The zero-order chi connectivity index (χ0) is 17.4. The molecule has 2 rings (SSSR count). The Morgan fingerprint density at radius 2 is 2.04 bits per heavy atom. The van der Waals surface area contributed by atoms with Gasteiger partial charge in [-0.05, 0) is 44.5 Å². The number of hydrogen-bond acceptors (Lipinski definition) is 3. The number of benzene rings is 1. The molecule has 0 aliphatic carbocycles. The van der Waals surface area contributed by atoms with Gasteiger partial charge in [-0.25, -0.2) is 18.0 Å². The molecule has 1 atom stereocenters. The second-order valence-electron chi connectivity index (χ2n) is 6.57. The summed E-state index contributed by atoms with van der Waals surface area (Å²) in [6.07, 6.45) is -1.52. The monoisotopic (exact) mass is 326 g/mol. The molecule has 1 amide bonds. The highest BCUT2D eigenvalue weighted by atomic mass is 19.3. The predicted octanol–water partition coefficient (Wildman–Crippen LogP) is 4.01. The van der Waals surface area contributed by atoms with Gasteiger partial charge in [0.2, 0.25) is 0 Å². The van der Waals surface area contributed by atoms with E-state index in [1.54, 1.807) is 26.8 Å². The molecule has 1 heterocycles. The third-order valence-corrected chi connectivity index (χ3v) is 3.33. The number of alkyl halides is 2. The number of carbonyl (C=O) groups is 1. The summed E-state index contributed by atoms with van der Waals surface area (Å²) >= 11 is 0. The van der Waals surface area contributed by atoms with Crippen LogP contribution in [0, 0.1) is 17.1 Å². The van der Waals surface area contributed by atoms with Crippen molar-refractivity contribution in [3.8, 4) is 6.07 Å². The molecular weight excluding hydrogens is 309 g/mol. The van der Waals surface area contributed by atoms with Crippen LogP contribution in [0.4, 0.5) is 18.0 Å². The van der Waals surface area contributed by atoms with Crippen molar-refractivity contribution >= 4 is 6.09 Å². The van der Waals surface area contributed by atoms with Gasteiger partial charge in [0, 0.05) is 6.42 Å². The standard InChI is InChI=1S/C16H17F3N2O2/c1-15(2,3)23-14(22)21-9-16(18,19)7-13(21)11-4-10(8-20)5-12(17)6-11/h4-6,13H,7,9H2,1-3H3/t13-/m1/s1. The topological polar surface area (TPSA) is 53.3 Å². The maximum atomic E-state index is 13.8. The number of ether oxygens (including phenoxy) is 1. The summed E-state index contributed by atoms with van der Waals surface area (Å²) in [6.45, 7) is 4.09. The number of likely N-dealkylation sites (tertiary alicyclic amines) is 1. The lowest BCUT2D eigenvalue weighted by Crippen LogP contribution is -2.37. The van der Waals surface area contributed by atoms with Crippen LogP contribution >= 0.6 is 0 Å². The van der Waals surface area contributed by atoms with Gasteiger partial charge in [0.15, 0.2) is 0 Å². The first kappa shape index (κ1) is 17.1. The van der Waals surface area contributed by atoms with Crippen molar-refractivity contribution in [2.75, 3.05) is 6.54 Å². The van der Waals surface area contributed by atoms with E-state index >= 15 is 0 Å². The van der Waals surface area contributed by atoms with Crippen molar-refractivity contribution in [2.45, 2.75) is 44.8 Å². The first-order valence-electron chi connectivity index (χ1n) is 7.09. The fourth-order valence-corrected chi connectivity index (χ4v) is 2.50. The molecule has 0 radical (unpaired) electrons. The molecule has 124 valence electrons. The SMILES string of the molecule is CC(C)(C)OC(=O)N1CC(F)(F)C[C@@H]1c1cc(F)cc(C#N)c1. The van der Waals surface area contributed by atoms with E-state index in [1.807, 2.05) is 0 Å². The molecule has 1 saturated heterocycles. The maximum absolute atomic E-state index is 13.8. The van der Waals surface area contributed by atoms with Crippen LogP contribution in [-0.4, -0.2) is 29.1 Å². The minimum absolute atomic E-state index is 0.0133. The molecular formula is C16H17F3N2O2. The third kappa shape index (κ3) is 4.15. The van der Waals surface area contributed by atoms with Crippen molar-refractivity contribution in [3.63, 3.8) is 0 Å². The Balaban J connectivity index is 2.36. The number of rotatable bonds is 1. The predicted molar refractivity (Wildman–Crippen MR) is 76.4 cm³/mol. The van der Waals surface area contributed by atoms with Crippen LogP contribution in [0.25, 0.3) is 0 Å². The number of carbonyl (C=O) groups excluding carboxylic acids is 1. The molecule has 0 saturated carbocycles. The summed E-state index contributed by atoms with van der Waals surface area (Å²) in [6, 6.07) is 4.11. The van der Waals surface area contributed by atoms with Gasteiger partial charge in [-0.1, -0.05) is 0 Å². The Labute approximate surface area is 132 Å². The molecule has 1 aliphatic rings. The fraction of sp³-hybridized carbons (Fsp3) is 0.500. The summed E-state index contributed by atoms with van der Waals surface area (Å²) in [5.74, 6) is -3.81. The van der Waals surface area contributed by atoms with Crippen LogP contribution < -0.4 is 0 Å². The second kappa shape index (κ2) is 5.76. The maximum Gasteiger partial charge on any atom is 0.411 e. The molecule has 1 aromatic carbocycles. The van der Waals surface area contributed by atoms with Gasteiger partial charge in [-0.2, -0.15) is 5.26 Å². The molecule has 7 heteroatoms. The van der Waals surface area contributed by atoms with E-state index in [2.05, 4.69) is 0 Å². The van der Waals surface area contributed by atoms with E-state index in [4.69, 9.17) is 10.00 Å². The largest absolute Gasteiger partial charge is 0.444 e. The van der Waals surface area contributed by atoms with Crippen LogP contribution in [-0.2, 0) is 4.74 Å². The average Bonchev–Trinajstić information content (AvgIpc) is 2.72. The molecule has 0 spiro atoms. The normalized spacial score (nSPS) is 20.2. The number of nitrogens with zero attached hydrogens (tertiary/aromatic N) is 2. The minimum atomic E-state index is -3.10. The van der Waals surface area contributed by atoms with Gasteiger partial charge in [0.25, 0.3) is 5.92 Å². The van der Waals surface area contributed by atoms with Gasteiger partial charge < -0.3 is 4.74 Å². The molecule has 1 fully saturated rings. The van der Waals surface area contributed by atoms with Gasteiger partial charge >= 0.3 is 6.09 Å². The lowest BCUT2D eigenvalue weighted by Gasteiger charge is -2.28. The zero-order valence-corrected chi connectivity index (χ0v) is 13.1. The van der Waals surface area contributed by atoms with E-state index in [9.17, 15) is 18.0 Å². The average molecular weight is 326 g/mol. The Morgan fingerprint density at radius 1 is 1.39 bits per heavy atom. The second-order valence-corrected chi connectivity index (χ2v) is 6.57. The van der Waals surface area contributed by atoms with Crippen LogP contribution in [0.1, 0.15) is 44.4 Å². The van der Waals surface area contributed by atoms with E-state index in [1.165, 1.54) is 6.07 Å². The zero-order valence-electron chi connectivity index (χ0n) is 13.1. The van der Waals surface area contributed by atoms with Gasteiger partial charge in [0.05, 0.1) is 24.2 Å². The summed E-state index contributed by atoms with van der Waals surface area (Å²) in [5.41, 5.74) is -0.664. The molecule has 0 unspecified atom stereocenters. The van der Waals surface area contributed by atoms with Gasteiger partial charge in [0.1, 0.15) is 11.4 Å². The van der Waals surface area contributed by atoms with Crippen molar-refractivity contribution < 1.29 is 22.7 Å². The van der Waals surface area contributed by atoms with E-state index in [-0.39, 0.29) is 11.1 Å². The van der Waals surface area contributed by atoms with E-state index < -0.39 is 42.4 Å². The first-order chi connectivity index (χ1) is 10.5. The molecule has 0 bridgehead atoms. The smallest absolute Gasteiger partial charge is 0.411 e. The molecule has 0 N–H and O–H groups in total. The van der Waals surface area contributed by atoms with Crippen molar-refractivity contribution in [2.24, 2.45) is 0 Å². The number of hydrogen-bond donors (Lipinski definition) is 0. The molecule has 4 nitrogen and oxygen atoms in total. The lowest BCUT2D eigenvalue weighted by molar-refractivity contribution is -0.00243. The van der Waals surface area contributed by atoms with Crippen molar-refractivity contribution in [3.05, 3.63) is 35.1 Å².